The molecule has 0 bridgehead atoms. The van der Waals surface area contributed by atoms with Crippen LogP contribution in [0.1, 0.15) is 40.3 Å². The van der Waals surface area contributed by atoms with Crippen LogP contribution in [0.25, 0.3) is 0 Å². The summed E-state index contributed by atoms with van der Waals surface area (Å²) in [6, 6.07) is 9.99. The van der Waals surface area contributed by atoms with E-state index in [1.807, 2.05) is 30.3 Å². The van der Waals surface area contributed by atoms with E-state index in [-0.39, 0.29) is 23.0 Å². The van der Waals surface area contributed by atoms with E-state index in [0.29, 0.717) is 18.7 Å². The Labute approximate surface area is 175 Å². The van der Waals surface area contributed by atoms with Gasteiger partial charge in [0.15, 0.2) is 11.7 Å². The maximum Gasteiger partial charge on any atom is 0.410 e. The summed E-state index contributed by atoms with van der Waals surface area (Å²) in [4.78, 5) is 12.5. The number of aromatic nitrogens is 2. The molecule has 1 aromatic carbocycles. The predicted octanol–water partition coefficient (Wildman–Crippen LogP) is 4.76. The predicted molar refractivity (Wildman–Crippen MR) is 104 cm³/mol. The number of benzene rings is 1. The zero-order chi connectivity index (χ0) is 21.3. The van der Waals surface area contributed by atoms with Crippen molar-refractivity contribution >= 4 is 23.3 Å². The van der Waals surface area contributed by atoms with Crippen LogP contribution in [0.15, 0.2) is 53.1 Å². The first-order valence-corrected chi connectivity index (χ1v) is 9.69. The Bertz CT molecular complexity index is 1020. The fraction of sp³-hybridized carbons (Fsp3) is 0.300. The molecule has 0 aliphatic carbocycles. The van der Waals surface area contributed by atoms with Crippen LogP contribution in [0.3, 0.4) is 0 Å². The highest BCUT2D eigenvalue weighted by Crippen LogP contribution is 2.46. The van der Waals surface area contributed by atoms with Crippen molar-refractivity contribution in [2.75, 3.05) is 11.9 Å². The molecule has 10 heteroatoms. The van der Waals surface area contributed by atoms with E-state index < -0.39 is 24.2 Å². The number of alkyl halides is 3. The van der Waals surface area contributed by atoms with Gasteiger partial charge in [-0.1, -0.05) is 41.9 Å². The second-order valence-corrected chi connectivity index (χ2v) is 7.33. The van der Waals surface area contributed by atoms with Gasteiger partial charge in [0.1, 0.15) is 16.6 Å². The van der Waals surface area contributed by atoms with E-state index in [2.05, 4.69) is 15.7 Å². The molecule has 0 unspecified atom stereocenters. The highest BCUT2D eigenvalue weighted by Gasteiger charge is 2.48. The fourth-order valence-electron chi connectivity index (χ4n) is 3.46. The molecule has 0 fully saturated rings. The largest absolute Gasteiger partial charge is 0.467 e. The summed E-state index contributed by atoms with van der Waals surface area (Å²) in [5.74, 6) is -0.336. The number of nitrogens with zero attached hydrogens (tertiary/aromatic N) is 2. The molecule has 2 aromatic heterocycles. The molecule has 0 spiro atoms. The van der Waals surface area contributed by atoms with Crippen LogP contribution >= 0.6 is 11.6 Å². The lowest BCUT2D eigenvalue weighted by Crippen LogP contribution is -2.35. The topological polar surface area (TPSA) is 72.1 Å². The Balaban J connectivity index is 1.56. The van der Waals surface area contributed by atoms with Gasteiger partial charge in [0.2, 0.25) is 0 Å². The second-order valence-electron chi connectivity index (χ2n) is 6.95. The van der Waals surface area contributed by atoms with Gasteiger partial charge in [0.25, 0.3) is 5.91 Å². The molecule has 6 nitrogen and oxygen atoms in total. The van der Waals surface area contributed by atoms with Crippen molar-refractivity contribution in [3.05, 3.63) is 70.8 Å². The van der Waals surface area contributed by atoms with Gasteiger partial charge < -0.3 is 15.1 Å². The van der Waals surface area contributed by atoms with Gasteiger partial charge in [0, 0.05) is 13.0 Å². The van der Waals surface area contributed by atoms with Crippen LogP contribution in [0.5, 0.6) is 0 Å². The molecule has 2 atom stereocenters. The summed E-state index contributed by atoms with van der Waals surface area (Å²) in [5.41, 5.74) is 0.773. The molecule has 1 aliphatic rings. The summed E-state index contributed by atoms with van der Waals surface area (Å²) in [6.07, 6.45) is -2.95. The molecule has 0 saturated carbocycles. The standard InChI is InChI=1S/C20H18ClF3N4O2/c21-16-17(19(29)25-9-8-12-5-2-1-3-6-12)27-28-15(20(22,23)24)11-13(26-18(16)28)14-7-4-10-30-14/h1-7,10,13,15,26H,8-9,11H2,(H,25,29)/t13-,15-/m0/s1. The zero-order valence-corrected chi connectivity index (χ0v) is 16.4. The lowest BCUT2D eigenvalue weighted by atomic mass is 10.0. The van der Waals surface area contributed by atoms with Crippen molar-refractivity contribution < 1.29 is 22.4 Å². The molecule has 158 valence electrons. The Kier molecular flexibility index (Phi) is 5.46. The first kappa shape index (κ1) is 20.3. The number of hydrogen-bond donors (Lipinski definition) is 2. The van der Waals surface area contributed by atoms with E-state index in [0.717, 1.165) is 10.2 Å². The number of nitrogens with one attached hydrogen (secondary N) is 2. The van der Waals surface area contributed by atoms with E-state index >= 15 is 0 Å². The van der Waals surface area contributed by atoms with Crippen LogP contribution in [0.2, 0.25) is 5.02 Å². The Morgan fingerprint density at radius 2 is 2.03 bits per heavy atom. The third-order valence-corrected chi connectivity index (χ3v) is 5.30. The SMILES string of the molecule is O=C(NCCc1ccccc1)c1nn2c(c1Cl)N[C@H](c1ccco1)C[C@H]2C(F)(F)F. The lowest BCUT2D eigenvalue weighted by molar-refractivity contribution is -0.174. The third-order valence-electron chi connectivity index (χ3n) is 4.94. The summed E-state index contributed by atoms with van der Waals surface area (Å²) >= 11 is 6.27. The van der Waals surface area contributed by atoms with Gasteiger partial charge in [-0.2, -0.15) is 18.3 Å². The molecule has 1 aliphatic heterocycles. The Hall–Kier alpha value is -2.94. The average molecular weight is 439 g/mol. The molecular weight excluding hydrogens is 421 g/mol. The molecule has 0 saturated heterocycles. The summed E-state index contributed by atoms with van der Waals surface area (Å²) in [7, 11) is 0. The minimum absolute atomic E-state index is 0.0557. The second kappa shape index (κ2) is 8.06. The maximum atomic E-state index is 13.7. The van der Waals surface area contributed by atoms with Gasteiger partial charge in [0.05, 0.1) is 12.3 Å². The lowest BCUT2D eigenvalue weighted by Gasteiger charge is -2.32. The number of carbonyl (C=O) groups is 1. The van der Waals surface area contributed by atoms with Crippen LogP contribution in [0.4, 0.5) is 19.0 Å². The van der Waals surface area contributed by atoms with Crippen molar-refractivity contribution in [1.82, 2.24) is 15.1 Å². The van der Waals surface area contributed by atoms with E-state index in [1.165, 1.54) is 6.26 Å². The number of hydrogen-bond acceptors (Lipinski definition) is 4. The monoisotopic (exact) mass is 438 g/mol. The minimum atomic E-state index is -4.57. The maximum absolute atomic E-state index is 13.7. The van der Waals surface area contributed by atoms with Crippen molar-refractivity contribution in [2.45, 2.75) is 31.1 Å². The van der Waals surface area contributed by atoms with Crippen molar-refractivity contribution in [1.29, 1.82) is 0 Å². The van der Waals surface area contributed by atoms with Gasteiger partial charge in [-0.25, -0.2) is 4.68 Å². The van der Waals surface area contributed by atoms with Gasteiger partial charge in [-0.15, -0.1) is 0 Å². The average Bonchev–Trinajstić information content (AvgIpc) is 3.36. The first-order chi connectivity index (χ1) is 14.3. The first-order valence-electron chi connectivity index (χ1n) is 9.31. The molecule has 4 rings (SSSR count). The van der Waals surface area contributed by atoms with Gasteiger partial charge in [-0.3, -0.25) is 4.79 Å². The number of fused-ring (bicyclic) bond motifs is 1. The fourth-order valence-corrected chi connectivity index (χ4v) is 3.72. The summed E-state index contributed by atoms with van der Waals surface area (Å²) < 4.78 is 47.1. The molecule has 2 N–H and O–H groups in total. The van der Waals surface area contributed by atoms with Gasteiger partial charge >= 0.3 is 6.18 Å². The smallest absolute Gasteiger partial charge is 0.410 e. The molecule has 1 amide bonds. The van der Waals surface area contributed by atoms with Crippen molar-refractivity contribution in [3.63, 3.8) is 0 Å². The quantitative estimate of drug-likeness (QED) is 0.602. The zero-order valence-electron chi connectivity index (χ0n) is 15.6. The number of anilines is 1. The minimum Gasteiger partial charge on any atom is -0.467 e. The molecule has 30 heavy (non-hydrogen) atoms. The number of amides is 1. The number of carbonyl (C=O) groups excluding carboxylic acids is 1. The summed E-state index contributed by atoms with van der Waals surface area (Å²) in [5, 5.41) is 9.33. The van der Waals surface area contributed by atoms with E-state index in [1.54, 1.807) is 12.1 Å². The molecule has 3 heterocycles. The normalized spacial score (nSPS) is 18.5. The van der Waals surface area contributed by atoms with E-state index in [9.17, 15) is 18.0 Å². The van der Waals surface area contributed by atoms with Gasteiger partial charge in [-0.05, 0) is 24.1 Å². The molecule has 3 aromatic rings. The molecule has 0 radical (unpaired) electrons. The highest BCUT2D eigenvalue weighted by atomic mass is 35.5. The highest BCUT2D eigenvalue weighted by molar-refractivity contribution is 6.36. The van der Waals surface area contributed by atoms with Crippen LogP contribution in [0, 0.1) is 0 Å². The number of halogens is 4. The van der Waals surface area contributed by atoms with Crippen molar-refractivity contribution in [2.24, 2.45) is 0 Å². The summed E-state index contributed by atoms with van der Waals surface area (Å²) in [6.45, 7) is 0.298. The Morgan fingerprint density at radius 1 is 1.27 bits per heavy atom. The number of rotatable bonds is 5. The van der Waals surface area contributed by atoms with E-state index in [4.69, 9.17) is 16.0 Å². The number of furan rings is 1. The molecular formula is C20H18ClF3N4O2. The van der Waals surface area contributed by atoms with Crippen molar-refractivity contribution in [3.8, 4) is 0 Å². The third kappa shape index (κ3) is 4.02. The van der Waals surface area contributed by atoms with Crippen LogP contribution < -0.4 is 10.6 Å². The van der Waals surface area contributed by atoms with Crippen LogP contribution in [-0.4, -0.2) is 28.4 Å². The Morgan fingerprint density at radius 3 is 2.70 bits per heavy atom. The van der Waals surface area contributed by atoms with Crippen LogP contribution in [-0.2, 0) is 6.42 Å².